The molecule has 0 aliphatic carbocycles. The summed E-state index contributed by atoms with van der Waals surface area (Å²) in [5, 5.41) is 12.0. The molecule has 0 aromatic heterocycles. The van der Waals surface area contributed by atoms with Crippen LogP contribution >= 0.6 is 0 Å². The van der Waals surface area contributed by atoms with Crippen LogP contribution in [0, 0.1) is 11.8 Å². The third-order valence-electron chi connectivity index (χ3n) is 4.56. The van der Waals surface area contributed by atoms with Crippen LogP contribution < -0.4 is 10.0 Å². The fourth-order valence-electron chi connectivity index (χ4n) is 3.39. The lowest BCUT2D eigenvalue weighted by molar-refractivity contribution is -0.147. The predicted octanol–water partition coefficient (Wildman–Crippen LogP) is 0.411. The number of hydrogen-bond acceptors (Lipinski definition) is 5. The molecule has 3 N–H and O–H groups in total. The van der Waals surface area contributed by atoms with Crippen LogP contribution in [-0.4, -0.2) is 44.7 Å². The molecule has 1 aromatic carbocycles. The van der Waals surface area contributed by atoms with Crippen molar-refractivity contribution in [2.45, 2.75) is 29.9 Å². The zero-order valence-corrected chi connectivity index (χ0v) is 13.7. The van der Waals surface area contributed by atoms with E-state index in [-0.39, 0.29) is 11.0 Å². The van der Waals surface area contributed by atoms with E-state index in [9.17, 15) is 23.1 Å². The van der Waals surface area contributed by atoms with E-state index in [2.05, 4.69) is 10.0 Å². The number of carboxylic acids is 1. The number of amides is 1. The van der Waals surface area contributed by atoms with Crippen LogP contribution in [0.2, 0.25) is 0 Å². The number of anilines is 1. The van der Waals surface area contributed by atoms with Crippen LogP contribution in [0.1, 0.15) is 12.8 Å². The highest BCUT2D eigenvalue weighted by molar-refractivity contribution is 7.89. The molecule has 24 heavy (non-hydrogen) atoms. The maximum atomic E-state index is 12.5. The van der Waals surface area contributed by atoms with Crippen molar-refractivity contribution in [3.63, 3.8) is 0 Å². The van der Waals surface area contributed by atoms with Gasteiger partial charge in [0.25, 0.3) is 0 Å². The van der Waals surface area contributed by atoms with Gasteiger partial charge >= 0.3 is 5.97 Å². The first kappa shape index (κ1) is 16.9. The van der Waals surface area contributed by atoms with E-state index in [1.54, 1.807) is 0 Å². The minimum atomic E-state index is -3.55. The van der Waals surface area contributed by atoms with E-state index in [0.717, 1.165) is 0 Å². The molecule has 2 heterocycles. The van der Waals surface area contributed by atoms with Crippen LogP contribution in [0.25, 0.3) is 0 Å². The Labute approximate surface area is 139 Å². The fraction of sp³-hybridized carbons (Fsp3) is 0.467. The van der Waals surface area contributed by atoms with Crippen molar-refractivity contribution in [2.75, 3.05) is 12.4 Å². The van der Waals surface area contributed by atoms with Gasteiger partial charge in [-0.3, -0.25) is 9.59 Å². The molecule has 1 aromatic rings. The molecule has 1 amide bonds. The molecule has 0 radical (unpaired) electrons. The van der Waals surface area contributed by atoms with Gasteiger partial charge in [-0.15, -0.1) is 0 Å². The molecule has 130 valence electrons. The van der Waals surface area contributed by atoms with Gasteiger partial charge < -0.3 is 15.2 Å². The quantitative estimate of drug-likeness (QED) is 0.704. The summed E-state index contributed by atoms with van der Waals surface area (Å²) in [7, 11) is -2.23. The molecule has 4 atom stereocenters. The molecule has 0 unspecified atom stereocenters. The summed E-state index contributed by atoms with van der Waals surface area (Å²) in [6.45, 7) is 0. The second kappa shape index (κ2) is 6.15. The average Bonchev–Trinajstić information content (AvgIpc) is 3.16. The van der Waals surface area contributed by atoms with Gasteiger partial charge in [0, 0.05) is 5.69 Å². The van der Waals surface area contributed by atoms with Gasteiger partial charge in [-0.25, -0.2) is 13.1 Å². The van der Waals surface area contributed by atoms with Crippen molar-refractivity contribution >= 4 is 27.6 Å². The van der Waals surface area contributed by atoms with Gasteiger partial charge in [-0.1, -0.05) is 0 Å². The number of rotatable bonds is 5. The molecular formula is C15H18N2O6S. The topological polar surface area (TPSA) is 122 Å². The zero-order valence-electron chi connectivity index (χ0n) is 12.9. The summed E-state index contributed by atoms with van der Waals surface area (Å²) >= 11 is 0. The van der Waals surface area contributed by atoms with Crippen LogP contribution in [0.4, 0.5) is 5.69 Å². The van der Waals surface area contributed by atoms with E-state index in [0.29, 0.717) is 18.5 Å². The summed E-state index contributed by atoms with van der Waals surface area (Å²) in [5.41, 5.74) is 0.405. The number of benzene rings is 1. The van der Waals surface area contributed by atoms with Gasteiger partial charge in [0.1, 0.15) is 0 Å². The van der Waals surface area contributed by atoms with E-state index in [1.807, 2.05) is 0 Å². The second-order valence-corrected chi connectivity index (χ2v) is 7.79. The molecular weight excluding hydrogens is 336 g/mol. The summed E-state index contributed by atoms with van der Waals surface area (Å²) < 4.78 is 31.1. The Morgan fingerprint density at radius 2 is 1.71 bits per heavy atom. The number of hydrogen-bond donors (Lipinski definition) is 3. The van der Waals surface area contributed by atoms with Crippen LogP contribution in [0.3, 0.4) is 0 Å². The Kier molecular flexibility index (Phi) is 4.33. The Balaban J connectivity index is 1.74. The standard InChI is InChI=1S/C15H18N2O6S/c1-16-24(21,22)9-4-2-8(3-5-9)17-14(18)12-10-6-7-11(23-10)13(12)15(19)20/h2-5,10-13,16H,6-7H2,1H3,(H,17,18)(H,19,20)/t10-,11+,12-,13+/m1/s1. The first-order chi connectivity index (χ1) is 11.3. The Morgan fingerprint density at radius 3 is 2.25 bits per heavy atom. The minimum Gasteiger partial charge on any atom is -0.481 e. The van der Waals surface area contributed by atoms with Gasteiger partial charge in [0.05, 0.1) is 28.9 Å². The molecule has 2 saturated heterocycles. The summed E-state index contributed by atoms with van der Waals surface area (Å²) in [6, 6.07) is 5.67. The lowest BCUT2D eigenvalue weighted by Gasteiger charge is -2.23. The molecule has 0 saturated carbocycles. The number of ether oxygens (including phenoxy) is 1. The smallest absolute Gasteiger partial charge is 0.310 e. The van der Waals surface area contributed by atoms with Crippen LogP contribution in [0.5, 0.6) is 0 Å². The predicted molar refractivity (Wildman–Crippen MR) is 83.8 cm³/mol. The third kappa shape index (κ3) is 2.90. The zero-order chi connectivity index (χ0) is 17.5. The number of sulfonamides is 1. The first-order valence-electron chi connectivity index (χ1n) is 7.56. The molecule has 2 bridgehead atoms. The monoisotopic (exact) mass is 354 g/mol. The van der Waals surface area contributed by atoms with Crippen molar-refractivity contribution in [3.8, 4) is 0 Å². The lowest BCUT2D eigenvalue weighted by Crippen LogP contribution is -2.40. The number of carbonyl (C=O) groups is 2. The van der Waals surface area contributed by atoms with Gasteiger partial charge in [-0.05, 0) is 44.2 Å². The van der Waals surface area contributed by atoms with Crippen LogP contribution in [0.15, 0.2) is 29.2 Å². The Bertz CT molecular complexity index is 761. The highest BCUT2D eigenvalue weighted by Gasteiger charge is 2.55. The van der Waals surface area contributed by atoms with E-state index in [4.69, 9.17) is 4.74 Å². The highest BCUT2D eigenvalue weighted by Crippen LogP contribution is 2.44. The van der Waals surface area contributed by atoms with Crippen LogP contribution in [-0.2, 0) is 24.3 Å². The number of carbonyl (C=O) groups excluding carboxylic acids is 1. The molecule has 2 fully saturated rings. The SMILES string of the molecule is CNS(=O)(=O)c1ccc(NC(=O)[C@H]2[C@@H](C(=O)O)[C@@H]3CC[C@H]2O3)cc1. The maximum absolute atomic E-state index is 12.5. The molecule has 2 aliphatic rings. The largest absolute Gasteiger partial charge is 0.481 e. The normalized spacial score (nSPS) is 28.7. The molecule has 9 heteroatoms. The number of nitrogens with one attached hydrogen (secondary N) is 2. The number of fused-ring (bicyclic) bond motifs is 2. The molecule has 3 rings (SSSR count). The maximum Gasteiger partial charge on any atom is 0.310 e. The third-order valence-corrected chi connectivity index (χ3v) is 5.99. The summed E-state index contributed by atoms with van der Waals surface area (Å²) in [4.78, 5) is 24.0. The van der Waals surface area contributed by atoms with Crippen molar-refractivity contribution in [2.24, 2.45) is 11.8 Å². The van der Waals surface area contributed by atoms with E-state index < -0.39 is 39.8 Å². The number of carboxylic acid groups (broad SMARTS) is 1. The summed E-state index contributed by atoms with van der Waals surface area (Å²) in [6.07, 6.45) is 0.542. The Morgan fingerprint density at radius 1 is 1.12 bits per heavy atom. The van der Waals surface area contributed by atoms with Crippen molar-refractivity contribution < 1.29 is 27.9 Å². The lowest BCUT2D eigenvalue weighted by atomic mass is 9.78. The van der Waals surface area contributed by atoms with Gasteiger partial charge in [-0.2, -0.15) is 0 Å². The van der Waals surface area contributed by atoms with Crippen molar-refractivity contribution in [3.05, 3.63) is 24.3 Å². The second-order valence-electron chi connectivity index (χ2n) is 5.90. The summed E-state index contributed by atoms with van der Waals surface area (Å²) in [5.74, 6) is -3.02. The number of aliphatic carboxylic acids is 1. The fourth-order valence-corrected chi connectivity index (χ4v) is 4.12. The van der Waals surface area contributed by atoms with E-state index in [1.165, 1.54) is 31.3 Å². The molecule has 8 nitrogen and oxygen atoms in total. The van der Waals surface area contributed by atoms with E-state index >= 15 is 0 Å². The minimum absolute atomic E-state index is 0.0784. The first-order valence-corrected chi connectivity index (χ1v) is 9.04. The van der Waals surface area contributed by atoms with Gasteiger partial charge in [0.2, 0.25) is 15.9 Å². The highest BCUT2D eigenvalue weighted by atomic mass is 32.2. The van der Waals surface area contributed by atoms with Gasteiger partial charge in [0.15, 0.2) is 0 Å². The van der Waals surface area contributed by atoms with Crippen molar-refractivity contribution in [1.82, 2.24) is 4.72 Å². The van der Waals surface area contributed by atoms with Crippen molar-refractivity contribution in [1.29, 1.82) is 0 Å². The average molecular weight is 354 g/mol. The molecule has 2 aliphatic heterocycles. The Hall–Kier alpha value is -1.97. The molecule has 0 spiro atoms.